The fraction of sp³-hybridized carbons (Fsp3) is 0.375. The SMILES string of the molecule is CCn1cnnc1C1CCCN(C(=O)c2ccc(OCc3ccccc3)c(OC)c2)C1. The number of amides is 1. The minimum absolute atomic E-state index is 0.000160. The maximum atomic E-state index is 13.2. The molecule has 1 saturated heterocycles. The molecule has 1 atom stereocenters. The van der Waals surface area contributed by atoms with Crippen LogP contribution in [0, 0.1) is 0 Å². The molecule has 7 nitrogen and oxygen atoms in total. The van der Waals surface area contributed by atoms with E-state index in [-0.39, 0.29) is 11.8 Å². The second-order valence-corrected chi connectivity index (χ2v) is 7.71. The summed E-state index contributed by atoms with van der Waals surface area (Å²) in [6, 6.07) is 15.3. The highest BCUT2D eigenvalue weighted by atomic mass is 16.5. The summed E-state index contributed by atoms with van der Waals surface area (Å²) < 4.78 is 13.5. The standard InChI is InChI=1S/C24H28N4O3/c1-3-27-17-25-26-23(27)20-10-7-13-28(15-20)24(29)19-11-12-21(22(14-19)30-2)31-16-18-8-5-4-6-9-18/h4-6,8-9,11-12,14,17,20H,3,7,10,13,15-16H2,1-2H3. The van der Waals surface area contributed by atoms with E-state index in [2.05, 4.69) is 21.7 Å². The van der Waals surface area contributed by atoms with Gasteiger partial charge in [0.1, 0.15) is 18.8 Å². The van der Waals surface area contributed by atoms with Crippen LogP contribution in [0.4, 0.5) is 0 Å². The Bertz CT molecular complexity index is 1020. The summed E-state index contributed by atoms with van der Waals surface area (Å²) in [6.07, 6.45) is 3.72. The lowest BCUT2D eigenvalue weighted by Gasteiger charge is -2.32. The molecule has 1 aromatic heterocycles. The molecule has 7 heteroatoms. The summed E-state index contributed by atoms with van der Waals surface area (Å²) in [4.78, 5) is 15.1. The number of rotatable bonds is 7. The lowest BCUT2D eigenvalue weighted by Crippen LogP contribution is -2.39. The van der Waals surface area contributed by atoms with Crippen molar-refractivity contribution in [3.63, 3.8) is 0 Å². The molecular weight excluding hydrogens is 392 g/mol. The number of nitrogens with zero attached hydrogens (tertiary/aromatic N) is 4. The number of carbonyl (C=O) groups excluding carboxylic acids is 1. The maximum absolute atomic E-state index is 13.2. The van der Waals surface area contributed by atoms with E-state index in [0.29, 0.717) is 30.2 Å². The normalized spacial score (nSPS) is 16.2. The number of benzene rings is 2. The van der Waals surface area contributed by atoms with Crippen molar-refractivity contribution < 1.29 is 14.3 Å². The quantitative estimate of drug-likeness (QED) is 0.580. The monoisotopic (exact) mass is 420 g/mol. The highest BCUT2D eigenvalue weighted by molar-refractivity contribution is 5.95. The van der Waals surface area contributed by atoms with Gasteiger partial charge in [-0.3, -0.25) is 4.79 Å². The zero-order valence-corrected chi connectivity index (χ0v) is 18.0. The van der Waals surface area contributed by atoms with Gasteiger partial charge in [0.2, 0.25) is 0 Å². The molecule has 1 unspecified atom stereocenters. The van der Waals surface area contributed by atoms with Gasteiger partial charge in [0.25, 0.3) is 5.91 Å². The predicted molar refractivity (Wildman–Crippen MR) is 117 cm³/mol. The van der Waals surface area contributed by atoms with E-state index in [1.54, 1.807) is 19.5 Å². The molecule has 162 valence electrons. The molecule has 0 radical (unpaired) electrons. The predicted octanol–water partition coefficient (Wildman–Crippen LogP) is 3.91. The number of methoxy groups -OCH3 is 1. The molecule has 1 fully saturated rings. The van der Waals surface area contributed by atoms with E-state index in [0.717, 1.165) is 37.3 Å². The molecule has 1 amide bonds. The molecule has 0 saturated carbocycles. The lowest BCUT2D eigenvalue weighted by atomic mass is 9.96. The van der Waals surface area contributed by atoms with Gasteiger partial charge in [-0.2, -0.15) is 0 Å². The smallest absolute Gasteiger partial charge is 0.254 e. The van der Waals surface area contributed by atoms with Crippen molar-refractivity contribution in [2.75, 3.05) is 20.2 Å². The number of hydrogen-bond donors (Lipinski definition) is 0. The van der Waals surface area contributed by atoms with Crippen molar-refractivity contribution in [1.29, 1.82) is 0 Å². The summed E-state index contributed by atoms with van der Waals surface area (Å²) in [5.41, 5.74) is 1.67. The first-order valence-electron chi connectivity index (χ1n) is 10.7. The highest BCUT2D eigenvalue weighted by Crippen LogP contribution is 2.31. The lowest BCUT2D eigenvalue weighted by molar-refractivity contribution is 0.0702. The van der Waals surface area contributed by atoms with Crippen molar-refractivity contribution in [1.82, 2.24) is 19.7 Å². The molecule has 0 aliphatic carbocycles. The highest BCUT2D eigenvalue weighted by Gasteiger charge is 2.28. The van der Waals surface area contributed by atoms with Crippen molar-refractivity contribution in [2.24, 2.45) is 0 Å². The molecule has 0 spiro atoms. The van der Waals surface area contributed by atoms with Crippen LogP contribution >= 0.6 is 0 Å². The average molecular weight is 421 g/mol. The van der Waals surface area contributed by atoms with E-state index >= 15 is 0 Å². The van der Waals surface area contributed by atoms with Crippen LogP contribution in [0.2, 0.25) is 0 Å². The second-order valence-electron chi connectivity index (χ2n) is 7.71. The number of hydrogen-bond acceptors (Lipinski definition) is 5. The van der Waals surface area contributed by atoms with Crippen molar-refractivity contribution in [3.8, 4) is 11.5 Å². The third kappa shape index (κ3) is 4.71. The molecule has 31 heavy (non-hydrogen) atoms. The Morgan fingerprint density at radius 1 is 1.16 bits per heavy atom. The first-order valence-corrected chi connectivity index (χ1v) is 10.7. The van der Waals surface area contributed by atoms with Crippen LogP contribution in [0.15, 0.2) is 54.9 Å². The van der Waals surface area contributed by atoms with Gasteiger partial charge >= 0.3 is 0 Å². The number of piperidine rings is 1. The zero-order chi connectivity index (χ0) is 21.6. The molecular formula is C24H28N4O3. The Balaban J connectivity index is 1.46. The van der Waals surface area contributed by atoms with Gasteiger partial charge in [-0.05, 0) is 43.5 Å². The van der Waals surface area contributed by atoms with Gasteiger partial charge in [-0.1, -0.05) is 30.3 Å². The summed E-state index contributed by atoms with van der Waals surface area (Å²) in [5, 5.41) is 8.35. The Kier molecular flexibility index (Phi) is 6.50. The molecule has 2 heterocycles. The zero-order valence-electron chi connectivity index (χ0n) is 18.0. The summed E-state index contributed by atoms with van der Waals surface area (Å²) >= 11 is 0. The molecule has 0 N–H and O–H groups in total. The summed E-state index contributed by atoms with van der Waals surface area (Å²) in [6.45, 7) is 4.73. The maximum Gasteiger partial charge on any atom is 0.254 e. The minimum atomic E-state index is 0.000160. The molecule has 2 aromatic carbocycles. The van der Waals surface area contributed by atoms with Crippen LogP contribution in [0.1, 0.15) is 47.4 Å². The fourth-order valence-electron chi connectivity index (χ4n) is 4.03. The Labute approximate surface area is 182 Å². The topological polar surface area (TPSA) is 69.5 Å². The van der Waals surface area contributed by atoms with Gasteiger partial charge < -0.3 is 18.9 Å². The van der Waals surface area contributed by atoms with Crippen LogP contribution < -0.4 is 9.47 Å². The second kappa shape index (κ2) is 9.64. The Morgan fingerprint density at radius 2 is 2.00 bits per heavy atom. The summed E-state index contributed by atoms with van der Waals surface area (Å²) in [5.74, 6) is 2.34. The molecule has 0 bridgehead atoms. The van der Waals surface area contributed by atoms with Crippen LogP contribution in [0.5, 0.6) is 11.5 Å². The molecule has 1 aliphatic heterocycles. The summed E-state index contributed by atoms with van der Waals surface area (Å²) in [7, 11) is 1.59. The third-order valence-corrected chi connectivity index (χ3v) is 5.71. The third-order valence-electron chi connectivity index (χ3n) is 5.71. The van der Waals surface area contributed by atoms with E-state index in [1.165, 1.54) is 0 Å². The number of ether oxygens (including phenoxy) is 2. The van der Waals surface area contributed by atoms with Crippen molar-refractivity contribution in [3.05, 3.63) is 71.8 Å². The van der Waals surface area contributed by atoms with Crippen LogP contribution in [-0.4, -0.2) is 45.8 Å². The van der Waals surface area contributed by atoms with Crippen LogP contribution in [-0.2, 0) is 13.2 Å². The van der Waals surface area contributed by atoms with Crippen LogP contribution in [0.3, 0.4) is 0 Å². The average Bonchev–Trinajstić information content (AvgIpc) is 3.32. The van der Waals surface area contributed by atoms with Gasteiger partial charge in [0, 0.05) is 31.1 Å². The fourth-order valence-corrected chi connectivity index (χ4v) is 4.03. The van der Waals surface area contributed by atoms with Crippen molar-refractivity contribution in [2.45, 2.75) is 38.8 Å². The number of aromatic nitrogens is 3. The number of carbonyl (C=O) groups is 1. The van der Waals surface area contributed by atoms with Gasteiger partial charge in [0.15, 0.2) is 11.5 Å². The number of likely N-dealkylation sites (tertiary alicyclic amines) is 1. The number of aryl methyl sites for hydroxylation is 1. The first kappa shape index (κ1) is 20.9. The first-order chi connectivity index (χ1) is 15.2. The van der Waals surface area contributed by atoms with Crippen LogP contribution in [0.25, 0.3) is 0 Å². The molecule has 4 rings (SSSR count). The molecule has 3 aromatic rings. The van der Waals surface area contributed by atoms with E-state index in [1.807, 2.05) is 47.4 Å². The van der Waals surface area contributed by atoms with Gasteiger partial charge in [-0.15, -0.1) is 10.2 Å². The van der Waals surface area contributed by atoms with E-state index in [4.69, 9.17) is 9.47 Å². The molecule has 1 aliphatic rings. The minimum Gasteiger partial charge on any atom is -0.493 e. The van der Waals surface area contributed by atoms with E-state index < -0.39 is 0 Å². The Hall–Kier alpha value is -3.35. The van der Waals surface area contributed by atoms with Crippen molar-refractivity contribution >= 4 is 5.91 Å². The Morgan fingerprint density at radius 3 is 2.77 bits per heavy atom. The largest absolute Gasteiger partial charge is 0.493 e. The van der Waals surface area contributed by atoms with Gasteiger partial charge in [0.05, 0.1) is 7.11 Å². The van der Waals surface area contributed by atoms with Gasteiger partial charge in [-0.25, -0.2) is 0 Å². The van der Waals surface area contributed by atoms with E-state index in [9.17, 15) is 4.79 Å².